The fraction of sp³-hybridized carbons (Fsp3) is 0.294. The molecule has 0 saturated carbocycles. The average Bonchev–Trinajstić information content (AvgIpc) is 2.90. The first-order valence-electron chi connectivity index (χ1n) is 7.63. The van der Waals surface area contributed by atoms with Crippen LogP contribution in [0.1, 0.15) is 5.56 Å². The Balaban J connectivity index is 1.69. The lowest BCUT2D eigenvalue weighted by molar-refractivity contribution is 0.296. The lowest BCUT2D eigenvalue weighted by atomic mass is 10.2. The van der Waals surface area contributed by atoms with Gasteiger partial charge in [-0.25, -0.2) is 9.48 Å². The zero-order valence-electron chi connectivity index (χ0n) is 13.6. The van der Waals surface area contributed by atoms with Crippen LogP contribution in [0.4, 0.5) is 0 Å². The molecule has 0 aliphatic heterocycles. The second kappa shape index (κ2) is 7.19. The summed E-state index contributed by atoms with van der Waals surface area (Å²) in [4.78, 5) is 14.4. The van der Waals surface area contributed by atoms with E-state index in [0.29, 0.717) is 18.7 Å². The Kier molecular flexibility index (Phi) is 5.01. The van der Waals surface area contributed by atoms with Gasteiger partial charge in [0.1, 0.15) is 5.75 Å². The summed E-state index contributed by atoms with van der Waals surface area (Å²) in [7, 11) is 3.68. The zero-order chi connectivity index (χ0) is 17.1. The van der Waals surface area contributed by atoms with Crippen molar-refractivity contribution in [2.75, 3.05) is 20.7 Å². The summed E-state index contributed by atoms with van der Waals surface area (Å²) in [6, 6.07) is 11.5. The number of ether oxygens (including phenoxy) is 1. The quantitative estimate of drug-likeness (QED) is 0.648. The van der Waals surface area contributed by atoms with Gasteiger partial charge in [-0.1, -0.05) is 22.0 Å². The van der Waals surface area contributed by atoms with Crippen LogP contribution in [0.5, 0.6) is 5.75 Å². The zero-order valence-corrected chi connectivity index (χ0v) is 15.2. The highest BCUT2D eigenvalue weighted by atomic mass is 79.9. The summed E-state index contributed by atoms with van der Waals surface area (Å²) in [5, 5.41) is 4.35. The van der Waals surface area contributed by atoms with Crippen molar-refractivity contribution in [1.82, 2.24) is 19.1 Å². The molecule has 2 aromatic heterocycles. The highest BCUT2D eigenvalue weighted by Gasteiger charge is 2.10. The number of likely N-dealkylation sites (N-methyl/N-ethyl adjacent to an activating group) is 1. The molecule has 2 heterocycles. The van der Waals surface area contributed by atoms with Gasteiger partial charge in [0, 0.05) is 29.3 Å². The number of hydrogen-bond donors (Lipinski definition) is 0. The average molecular weight is 391 g/mol. The minimum absolute atomic E-state index is 0.112. The predicted octanol–water partition coefficient (Wildman–Crippen LogP) is 2.40. The first kappa shape index (κ1) is 16.7. The van der Waals surface area contributed by atoms with Gasteiger partial charge >= 0.3 is 5.69 Å². The van der Waals surface area contributed by atoms with Gasteiger partial charge in [-0.05, 0) is 37.4 Å². The smallest absolute Gasteiger partial charge is 0.350 e. The highest BCUT2D eigenvalue weighted by Crippen LogP contribution is 2.23. The summed E-state index contributed by atoms with van der Waals surface area (Å²) < 4.78 is 9.48. The summed E-state index contributed by atoms with van der Waals surface area (Å²) >= 11 is 3.49. The van der Waals surface area contributed by atoms with Crippen molar-refractivity contribution in [2.45, 2.75) is 13.1 Å². The third kappa shape index (κ3) is 3.52. The molecule has 0 saturated heterocycles. The van der Waals surface area contributed by atoms with Crippen LogP contribution in [-0.4, -0.2) is 39.8 Å². The van der Waals surface area contributed by atoms with Crippen LogP contribution in [0.3, 0.4) is 0 Å². The highest BCUT2D eigenvalue weighted by molar-refractivity contribution is 9.10. The molecule has 3 rings (SSSR count). The van der Waals surface area contributed by atoms with Gasteiger partial charge in [0.15, 0.2) is 5.65 Å². The van der Waals surface area contributed by atoms with Gasteiger partial charge in [0.2, 0.25) is 0 Å². The number of fused-ring (bicyclic) bond motifs is 1. The lowest BCUT2D eigenvalue weighted by Crippen LogP contribution is -2.29. The summed E-state index contributed by atoms with van der Waals surface area (Å²) in [6.45, 7) is 1.97. The monoisotopic (exact) mass is 390 g/mol. The van der Waals surface area contributed by atoms with Gasteiger partial charge in [-0.15, -0.1) is 5.10 Å². The van der Waals surface area contributed by atoms with Crippen molar-refractivity contribution < 1.29 is 4.74 Å². The van der Waals surface area contributed by atoms with Crippen LogP contribution in [0.25, 0.3) is 5.65 Å². The van der Waals surface area contributed by atoms with Crippen molar-refractivity contribution in [3.63, 3.8) is 0 Å². The van der Waals surface area contributed by atoms with Crippen LogP contribution in [0, 0.1) is 0 Å². The van der Waals surface area contributed by atoms with Crippen molar-refractivity contribution in [3.05, 3.63) is 63.1 Å². The molecule has 0 aliphatic rings. The number of rotatable bonds is 6. The van der Waals surface area contributed by atoms with E-state index >= 15 is 0 Å². The third-order valence-electron chi connectivity index (χ3n) is 3.86. The first-order chi connectivity index (χ1) is 11.6. The Labute approximate surface area is 148 Å². The Morgan fingerprint density at radius 1 is 1.29 bits per heavy atom. The van der Waals surface area contributed by atoms with Gasteiger partial charge in [-0.2, -0.15) is 0 Å². The topological polar surface area (TPSA) is 51.8 Å². The van der Waals surface area contributed by atoms with Gasteiger partial charge in [0.25, 0.3) is 0 Å². The predicted molar refractivity (Wildman–Crippen MR) is 96.5 cm³/mol. The maximum atomic E-state index is 12.3. The fourth-order valence-electron chi connectivity index (χ4n) is 2.62. The van der Waals surface area contributed by atoms with E-state index in [1.165, 1.54) is 4.68 Å². The van der Waals surface area contributed by atoms with E-state index in [-0.39, 0.29) is 5.69 Å². The van der Waals surface area contributed by atoms with Gasteiger partial charge < -0.3 is 9.64 Å². The van der Waals surface area contributed by atoms with E-state index in [1.807, 2.05) is 43.4 Å². The lowest BCUT2D eigenvalue weighted by Gasteiger charge is -2.18. The summed E-state index contributed by atoms with van der Waals surface area (Å²) in [6.07, 6.45) is 1.73. The Morgan fingerprint density at radius 2 is 2.12 bits per heavy atom. The first-order valence-corrected chi connectivity index (χ1v) is 8.43. The van der Waals surface area contributed by atoms with E-state index in [4.69, 9.17) is 4.74 Å². The van der Waals surface area contributed by atoms with Crippen LogP contribution >= 0.6 is 15.9 Å². The maximum absolute atomic E-state index is 12.3. The van der Waals surface area contributed by atoms with Gasteiger partial charge in [0.05, 0.1) is 13.7 Å². The molecule has 126 valence electrons. The molecule has 0 aliphatic carbocycles. The Bertz CT molecular complexity index is 903. The molecular formula is C17H19BrN4O2. The van der Waals surface area contributed by atoms with Crippen LogP contribution in [-0.2, 0) is 13.1 Å². The second-order valence-electron chi connectivity index (χ2n) is 5.63. The largest absolute Gasteiger partial charge is 0.496 e. The molecule has 0 bridgehead atoms. The molecule has 3 aromatic rings. The molecule has 0 fully saturated rings. The number of pyridine rings is 1. The number of nitrogens with zero attached hydrogens (tertiary/aromatic N) is 4. The van der Waals surface area contributed by atoms with E-state index in [1.54, 1.807) is 17.7 Å². The summed E-state index contributed by atoms with van der Waals surface area (Å²) in [5.41, 5.74) is 1.65. The number of benzene rings is 1. The molecular weight excluding hydrogens is 372 g/mol. The van der Waals surface area contributed by atoms with E-state index in [0.717, 1.165) is 22.3 Å². The molecule has 0 atom stereocenters. The van der Waals surface area contributed by atoms with E-state index < -0.39 is 0 Å². The van der Waals surface area contributed by atoms with Crippen molar-refractivity contribution in [3.8, 4) is 5.75 Å². The molecule has 0 radical (unpaired) electrons. The van der Waals surface area contributed by atoms with Crippen molar-refractivity contribution in [1.29, 1.82) is 0 Å². The fourth-order valence-corrected chi connectivity index (χ4v) is 3.03. The Hall–Kier alpha value is -2.12. The summed E-state index contributed by atoms with van der Waals surface area (Å²) in [5.74, 6) is 0.856. The molecule has 7 heteroatoms. The standard InChI is InChI=1S/C17H19BrN4O2/c1-20(12-13-11-14(18)6-7-15(13)24-2)9-10-22-17(23)21-8-4-3-5-16(21)19-22/h3-8,11H,9-10,12H2,1-2H3. The minimum Gasteiger partial charge on any atom is -0.496 e. The SMILES string of the molecule is COc1ccc(Br)cc1CN(C)CCn1nc2ccccn2c1=O. The molecule has 6 nitrogen and oxygen atoms in total. The maximum Gasteiger partial charge on any atom is 0.350 e. The number of aromatic nitrogens is 3. The molecule has 0 unspecified atom stereocenters. The van der Waals surface area contributed by atoms with Crippen molar-refractivity contribution >= 4 is 21.6 Å². The molecule has 0 N–H and O–H groups in total. The normalized spacial score (nSPS) is 11.3. The number of methoxy groups -OCH3 is 1. The van der Waals surface area contributed by atoms with E-state index in [2.05, 4.69) is 25.9 Å². The number of hydrogen-bond acceptors (Lipinski definition) is 4. The molecule has 0 amide bonds. The molecule has 24 heavy (non-hydrogen) atoms. The van der Waals surface area contributed by atoms with Crippen molar-refractivity contribution in [2.24, 2.45) is 0 Å². The van der Waals surface area contributed by atoms with Crippen LogP contribution < -0.4 is 10.4 Å². The third-order valence-corrected chi connectivity index (χ3v) is 4.36. The molecule has 0 spiro atoms. The second-order valence-corrected chi connectivity index (χ2v) is 6.54. The Morgan fingerprint density at radius 3 is 2.88 bits per heavy atom. The van der Waals surface area contributed by atoms with Crippen LogP contribution in [0.2, 0.25) is 0 Å². The van der Waals surface area contributed by atoms with Gasteiger partial charge in [-0.3, -0.25) is 4.40 Å². The van der Waals surface area contributed by atoms with E-state index in [9.17, 15) is 4.79 Å². The minimum atomic E-state index is -0.112. The molecule has 1 aromatic carbocycles. The van der Waals surface area contributed by atoms with Crippen LogP contribution in [0.15, 0.2) is 51.9 Å². The number of halogens is 1.